The highest BCUT2D eigenvalue weighted by Crippen LogP contribution is 2.26. The van der Waals surface area contributed by atoms with Gasteiger partial charge in [-0.2, -0.15) is 0 Å². The van der Waals surface area contributed by atoms with Crippen molar-refractivity contribution in [2.75, 3.05) is 40.3 Å². The van der Waals surface area contributed by atoms with Crippen molar-refractivity contribution in [1.29, 1.82) is 0 Å². The monoisotopic (exact) mass is 198 g/mol. The van der Waals surface area contributed by atoms with Crippen LogP contribution in [0.4, 0.5) is 0 Å². The van der Waals surface area contributed by atoms with Gasteiger partial charge in [0.05, 0.1) is 0 Å². The molecule has 1 aliphatic heterocycles. The molecule has 0 radical (unpaired) electrons. The molecule has 0 aromatic rings. The Morgan fingerprint density at radius 2 is 0.857 bits per heavy atom. The van der Waals surface area contributed by atoms with Crippen LogP contribution in [0, 0.1) is 10.8 Å². The van der Waals surface area contributed by atoms with E-state index < -0.39 is 0 Å². The summed E-state index contributed by atoms with van der Waals surface area (Å²) in [5.41, 5.74) is 0.833. The molecule has 2 nitrogen and oxygen atoms in total. The molecule has 1 rings (SSSR count). The minimum absolute atomic E-state index is 0.417. The largest absolute Gasteiger partial charge is 0.305 e. The Morgan fingerprint density at radius 1 is 0.643 bits per heavy atom. The minimum Gasteiger partial charge on any atom is -0.305 e. The fourth-order valence-electron chi connectivity index (χ4n) is 3.13. The summed E-state index contributed by atoms with van der Waals surface area (Å²) in [6.45, 7) is 14.2. The Hall–Kier alpha value is -0.0800. The number of rotatable bonds is 0. The Kier molecular flexibility index (Phi) is 3.27. The Morgan fingerprint density at radius 3 is 1.07 bits per heavy atom. The van der Waals surface area contributed by atoms with Gasteiger partial charge in [0, 0.05) is 26.2 Å². The molecule has 0 bridgehead atoms. The summed E-state index contributed by atoms with van der Waals surface area (Å²) in [4.78, 5) is 4.96. The van der Waals surface area contributed by atoms with E-state index in [4.69, 9.17) is 0 Å². The summed E-state index contributed by atoms with van der Waals surface area (Å²) in [5, 5.41) is 0. The van der Waals surface area contributed by atoms with Gasteiger partial charge in [-0.25, -0.2) is 0 Å². The molecule has 1 saturated heterocycles. The second kappa shape index (κ2) is 3.82. The van der Waals surface area contributed by atoms with Crippen LogP contribution >= 0.6 is 0 Å². The molecule has 0 aromatic heterocycles. The van der Waals surface area contributed by atoms with Crippen molar-refractivity contribution in [3.05, 3.63) is 0 Å². The van der Waals surface area contributed by atoms with Gasteiger partial charge in [-0.3, -0.25) is 0 Å². The number of hydrogen-bond acceptors (Lipinski definition) is 2. The average molecular weight is 198 g/mol. The molecule has 1 heterocycles. The maximum atomic E-state index is 2.48. The molecule has 14 heavy (non-hydrogen) atoms. The van der Waals surface area contributed by atoms with E-state index in [-0.39, 0.29) is 0 Å². The van der Waals surface area contributed by atoms with Crippen LogP contribution in [-0.2, 0) is 0 Å². The molecule has 0 unspecified atom stereocenters. The van der Waals surface area contributed by atoms with Gasteiger partial charge in [0.1, 0.15) is 0 Å². The zero-order chi connectivity index (χ0) is 11.0. The third-order valence-corrected chi connectivity index (χ3v) is 2.79. The van der Waals surface area contributed by atoms with Gasteiger partial charge in [0.15, 0.2) is 0 Å². The highest BCUT2D eigenvalue weighted by molar-refractivity contribution is 4.85. The number of hydrogen-bond donors (Lipinski definition) is 0. The molecule has 0 atom stereocenters. The lowest BCUT2D eigenvalue weighted by molar-refractivity contribution is 0.0571. The maximum Gasteiger partial charge on any atom is 0.00421 e. The first-order chi connectivity index (χ1) is 6.20. The fourth-order valence-corrected chi connectivity index (χ4v) is 3.13. The van der Waals surface area contributed by atoms with Crippen LogP contribution < -0.4 is 0 Å². The van der Waals surface area contributed by atoms with Crippen molar-refractivity contribution in [2.45, 2.75) is 27.7 Å². The van der Waals surface area contributed by atoms with Crippen LogP contribution in [0.25, 0.3) is 0 Å². The van der Waals surface area contributed by atoms with E-state index in [0.717, 1.165) is 0 Å². The SMILES string of the molecule is CN1CC(C)(C)CN(C)CC(C)(C)C1. The summed E-state index contributed by atoms with van der Waals surface area (Å²) in [6, 6.07) is 0. The topological polar surface area (TPSA) is 6.48 Å². The van der Waals surface area contributed by atoms with E-state index in [0.29, 0.717) is 10.8 Å². The van der Waals surface area contributed by atoms with Crippen LogP contribution in [-0.4, -0.2) is 50.1 Å². The van der Waals surface area contributed by atoms with Gasteiger partial charge in [-0.05, 0) is 24.9 Å². The maximum absolute atomic E-state index is 2.48. The Labute approximate surface area is 89.3 Å². The van der Waals surface area contributed by atoms with E-state index in [1.807, 2.05) is 0 Å². The van der Waals surface area contributed by atoms with Crippen molar-refractivity contribution < 1.29 is 0 Å². The molecular formula is C12H26N2. The van der Waals surface area contributed by atoms with Crippen molar-refractivity contribution in [3.8, 4) is 0 Å². The van der Waals surface area contributed by atoms with Crippen molar-refractivity contribution >= 4 is 0 Å². The van der Waals surface area contributed by atoms with E-state index in [2.05, 4.69) is 51.6 Å². The molecule has 0 aliphatic carbocycles. The van der Waals surface area contributed by atoms with Crippen molar-refractivity contribution in [1.82, 2.24) is 9.80 Å². The van der Waals surface area contributed by atoms with E-state index in [1.54, 1.807) is 0 Å². The van der Waals surface area contributed by atoms with Gasteiger partial charge in [0.25, 0.3) is 0 Å². The predicted octanol–water partition coefficient (Wildman–Crippen LogP) is 1.92. The summed E-state index contributed by atoms with van der Waals surface area (Å²) in [7, 11) is 4.49. The second-order valence-corrected chi connectivity index (χ2v) is 6.67. The summed E-state index contributed by atoms with van der Waals surface area (Å²) in [6.07, 6.45) is 0. The molecule has 1 fully saturated rings. The first-order valence-electron chi connectivity index (χ1n) is 5.57. The summed E-state index contributed by atoms with van der Waals surface area (Å²) in [5.74, 6) is 0. The smallest absolute Gasteiger partial charge is 0.00421 e. The average Bonchev–Trinajstić information content (AvgIpc) is 1.74. The quantitative estimate of drug-likeness (QED) is 0.587. The highest BCUT2D eigenvalue weighted by Gasteiger charge is 2.31. The number of nitrogens with zero attached hydrogens (tertiary/aromatic N) is 2. The third kappa shape index (κ3) is 3.58. The molecular weight excluding hydrogens is 172 g/mol. The van der Waals surface area contributed by atoms with Gasteiger partial charge < -0.3 is 9.80 Å². The van der Waals surface area contributed by atoms with Gasteiger partial charge >= 0.3 is 0 Å². The van der Waals surface area contributed by atoms with Crippen molar-refractivity contribution in [2.24, 2.45) is 10.8 Å². The van der Waals surface area contributed by atoms with Crippen LogP contribution in [0.1, 0.15) is 27.7 Å². The van der Waals surface area contributed by atoms with Crippen LogP contribution in [0.5, 0.6) is 0 Å². The molecule has 2 heteroatoms. The van der Waals surface area contributed by atoms with E-state index in [1.165, 1.54) is 26.2 Å². The molecule has 0 aromatic carbocycles. The first-order valence-corrected chi connectivity index (χ1v) is 5.57. The first kappa shape index (κ1) is 12.0. The van der Waals surface area contributed by atoms with Gasteiger partial charge in [-0.1, -0.05) is 27.7 Å². The lowest BCUT2D eigenvalue weighted by Crippen LogP contribution is -2.50. The van der Waals surface area contributed by atoms with Gasteiger partial charge in [0.2, 0.25) is 0 Å². The molecule has 84 valence electrons. The minimum atomic E-state index is 0.417. The third-order valence-electron chi connectivity index (χ3n) is 2.79. The van der Waals surface area contributed by atoms with Crippen LogP contribution in [0.15, 0.2) is 0 Å². The standard InChI is InChI=1S/C12H26N2/c1-11(2)7-13(5)9-12(3,4)10-14(6)8-11/h7-10H2,1-6H3. The summed E-state index contributed by atoms with van der Waals surface area (Å²) >= 11 is 0. The van der Waals surface area contributed by atoms with Crippen molar-refractivity contribution in [3.63, 3.8) is 0 Å². The van der Waals surface area contributed by atoms with Gasteiger partial charge in [-0.15, -0.1) is 0 Å². The second-order valence-electron chi connectivity index (χ2n) is 6.67. The molecule has 0 N–H and O–H groups in total. The molecule has 0 amide bonds. The molecule has 0 saturated carbocycles. The van der Waals surface area contributed by atoms with E-state index in [9.17, 15) is 0 Å². The predicted molar refractivity (Wildman–Crippen MR) is 62.6 cm³/mol. The molecule has 1 aliphatic rings. The van der Waals surface area contributed by atoms with Crippen LogP contribution in [0.3, 0.4) is 0 Å². The Bertz CT molecular complexity index is 158. The fraction of sp³-hybridized carbons (Fsp3) is 1.00. The lowest BCUT2D eigenvalue weighted by atomic mass is 9.85. The molecule has 0 spiro atoms. The van der Waals surface area contributed by atoms with Crippen LogP contribution in [0.2, 0.25) is 0 Å². The highest BCUT2D eigenvalue weighted by atomic mass is 15.2. The summed E-state index contributed by atoms with van der Waals surface area (Å²) < 4.78 is 0. The Balaban J connectivity index is 2.71. The zero-order valence-electron chi connectivity index (χ0n) is 10.7. The normalized spacial score (nSPS) is 29.6. The van der Waals surface area contributed by atoms with E-state index >= 15 is 0 Å². The zero-order valence-corrected chi connectivity index (χ0v) is 10.7. The lowest BCUT2D eigenvalue weighted by Gasteiger charge is -2.43.